The second-order valence-electron chi connectivity index (χ2n) is 5.61. The maximum atomic E-state index is 5.38. The van der Waals surface area contributed by atoms with Gasteiger partial charge in [-0.05, 0) is 37.9 Å². The fourth-order valence-electron chi connectivity index (χ4n) is 2.97. The second kappa shape index (κ2) is 6.76. The number of pyridine rings is 1. The zero-order valence-corrected chi connectivity index (χ0v) is 12.6. The molecule has 0 saturated carbocycles. The number of anilines is 1. The van der Waals surface area contributed by atoms with Crippen LogP contribution in [0.2, 0.25) is 0 Å². The van der Waals surface area contributed by atoms with Gasteiger partial charge in [-0.15, -0.1) is 0 Å². The summed E-state index contributed by atoms with van der Waals surface area (Å²) < 4.78 is 5.38. The molecule has 2 N–H and O–H groups in total. The van der Waals surface area contributed by atoms with Gasteiger partial charge >= 0.3 is 0 Å². The molecule has 0 amide bonds. The molecule has 0 spiro atoms. The second-order valence-corrected chi connectivity index (χ2v) is 5.61. The molecule has 112 valence electrons. The van der Waals surface area contributed by atoms with Crippen LogP contribution in [-0.2, 0) is 0 Å². The van der Waals surface area contributed by atoms with Crippen LogP contribution in [0.5, 0.6) is 5.75 Å². The smallest absolute Gasteiger partial charge is 0.121 e. The molecular formula is C17H23N3O. The SMILES string of the molecule is COc1cc(NCC[C@@H]2CCCCN2)c2ncccc2c1. The van der Waals surface area contributed by atoms with Crippen LogP contribution in [0.3, 0.4) is 0 Å². The van der Waals surface area contributed by atoms with Gasteiger partial charge in [-0.1, -0.05) is 12.5 Å². The van der Waals surface area contributed by atoms with Crippen molar-refractivity contribution < 1.29 is 4.74 Å². The molecule has 0 unspecified atom stereocenters. The molecule has 2 heterocycles. The third-order valence-electron chi connectivity index (χ3n) is 4.13. The summed E-state index contributed by atoms with van der Waals surface area (Å²) >= 11 is 0. The largest absolute Gasteiger partial charge is 0.497 e. The molecule has 1 atom stereocenters. The maximum absolute atomic E-state index is 5.38. The lowest BCUT2D eigenvalue weighted by atomic mass is 10.0. The van der Waals surface area contributed by atoms with Crippen molar-refractivity contribution in [3.8, 4) is 5.75 Å². The normalized spacial score (nSPS) is 18.6. The van der Waals surface area contributed by atoms with Gasteiger partial charge in [0.1, 0.15) is 5.75 Å². The number of rotatable bonds is 5. The molecule has 21 heavy (non-hydrogen) atoms. The summed E-state index contributed by atoms with van der Waals surface area (Å²) in [5, 5.41) is 8.22. The maximum Gasteiger partial charge on any atom is 0.121 e. The Morgan fingerprint density at radius 3 is 3.14 bits per heavy atom. The molecule has 3 rings (SSSR count). The van der Waals surface area contributed by atoms with E-state index in [9.17, 15) is 0 Å². The molecule has 0 aliphatic carbocycles. The van der Waals surface area contributed by atoms with Crippen molar-refractivity contribution >= 4 is 16.6 Å². The zero-order chi connectivity index (χ0) is 14.5. The lowest BCUT2D eigenvalue weighted by molar-refractivity contribution is 0.389. The minimum Gasteiger partial charge on any atom is -0.497 e. The van der Waals surface area contributed by atoms with Crippen LogP contribution in [0.15, 0.2) is 30.5 Å². The Labute approximate surface area is 125 Å². The van der Waals surface area contributed by atoms with E-state index < -0.39 is 0 Å². The molecule has 1 aromatic heterocycles. The number of aromatic nitrogens is 1. The summed E-state index contributed by atoms with van der Waals surface area (Å²) in [6.45, 7) is 2.12. The highest BCUT2D eigenvalue weighted by Crippen LogP contribution is 2.27. The average molecular weight is 285 g/mol. The van der Waals surface area contributed by atoms with Crippen molar-refractivity contribution in [2.45, 2.75) is 31.7 Å². The first-order valence-corrected chi connectivity index (χ1v) is 7.77. The topological polar surface area (TPSA) is 46.2 Å². The fourth-order valence-corrected chi connectivity index (χ4v) is 2.97. The average Bonchev–Trinajstić information content (AvgIpc) is 2.55. The van der Waals surface area contributed by atoms with Crippen LogP contribution in [0.4, 0.5) is 5.69 Å². The Morgan fingerprint density at radius 2 is 2.33 bits per heavy atom. The van der Waals surface area contributed by atoms with Gasteiger partial charge in [0.15, 0.2) is 0 Å². The van der Waals surface area contributed by atoms with Gasteiger partial charge in [0.25, 0.3) is 0 Å². The van der Waals surface area contributed by atoms with Crippen molar-refractivity contribution in [3.63, 3.8) is 0 Å². The van der Waals surface area contributed by atoms with Crippen LogP contribution < -0.4 is 15.4 Å². The Balaban J connectivity index is 1.70. The number of benzene rings is 1. The number of fused-ring (bicyclic) bond motifs is 1. The van der Waals surface area contributed by atoms with E-state index in [0.29, 0.717) is 6.04 Å². The van der Waals surface area contributed by atoms with E-state index in [4.69, 9.17) is 4.74 Å². The molecule has 1 aliphatic rings. The molecule has 1 fully saturated rings. The number of nitrogens with zero attached hydrogens (tertiary/aromatic N) is 1. The molecule has 0 bridgehead atoms. The van der Waals surface area contributed by atoms with Gasteiger partial charge in [0.05, 0.1) is 18.3 Å². The Bertz CT molecular complexity index is 594. The molecular weight excluding hydrogens is 262 g/mol. The van der Waals surface area contributed by atoms with Gasteiger partial charge in [-0.25, -0.2) is 0 Å². The molecule has 0 radical (unpaired) electrons. The number of piperidine rings is 1. The van der Waals surface area contributed by atoms with Crippen molar-refractivity contribution in [1.29, 1.82) is 0 Å². The third-order valence-corrected chi connectivity index (χ3v) is 4.13. The first-order valence-electron chi connectivity index (χ1n) is 7.77. The fraction of sp³-hybridized carbons (Fsp3) is 0.471. The molecule has 4 nitrogen and oxygen atoms in total. The Kier molecular flexibility index (Phi) is 4.55. The third kappa shape index (κ3) is 3.45. The lowest BCUT2D eigenvalue weighted by Gasteiger charge is -2.23. The number of methoxy groups -OCH3 is 1. The number of hydrogen-bond donors (Lipinski definition) is 2. The van der Waals surface area contributed by atoms with Gasteiger partial charge < -0.3 is 15.4 Å². The summed E-state index contributed by atoms with van der Waals surface area (Å²) in [4.78, 5) is 4.49. The molecule has 2 aromatic rings. The van der Waals surface area contributed by atoms with Crippen LogP contribution in [0.25, 0.3) is 10.9 Å². The first kappa shape index (κ1) is 14.1. The van der Waals surface area contributed by atoms with Crippen molar-refractivity contribution in [3.05, 3.63) is 30.5 Å². The van der Waals surface area contributed by atoms with E-state index in [1.165, 1.54) is 19.3 Å². The van der Waals surface area contributed by atoms with Crippen molar-refractivity contribution in [1.82, 2.24) is 10.3 Å². The molecule has 1 aromatic carbocycles. The highest BCUT2D eigenvalue weighted by molar-refractivity contribution is 5.91. The quantitative estimate of drug-likeness (QED) is 0.885. The van der Waals surface area contributed by atoms with E-state index in [1.807, 2.05) is 24.4 Å². The van der Waals surface area contributed by atoms with E-state index in [-0.39, 0.29) is 0 Å². The van der Waals surface area contributed by atoms with Gasteiger partial charge in [-0.2, -0.15) is 0 Å². The summed E-state index contributed by atoms with van der Waals surface area (Å²) in [5.41, 5.74) is 2.07. The van der Waals surface area contributed by atoms with E-state index in [0.717, 1.165) is 41.9 Å². The van der Waals surface area contributed by atoms with E-state index in [2.05, 4.69) is 21.7 Å². The predicted octanol–water partition coefficient (Wildman–Crippen LogP) is 3.19. The summed E-state index contributed by atoms with van der Waals surface area (Å²) in [6, 6.07) is 8.73. The number of hydrogen-bond acceptors (Lipinski definition) is 4. The number of ether oxygens (including phenoxy) is 1. The highest BCUT2D eigenvalue weighted by Gasteiger charge is 2.12. The Morgan fingerprint density at radius 1 is 1.38 bits per heavy atom. The van der Waals surface area contributed by atoms with Crippen LogP contribution in [-0.4, -0.2) is 31.2 Å². The Hall–Kier alpha value is -1.81. The minimum atomic E-state index is 0.649. The van der Waals surface area contributed by atoms with Gasteiger partial charge in [0.2, 0.25) is 0 Å². The zero-order valence-electron chi connectivity index (χ0n) is 12.6. The number of nitrogens with one attached hydrogen (secondary N) is 2. The summed E-state index contributed by atoms with van der Waals surface area (Å²) in [6.07, 6.45) is 6.93. The highest BCUT2D eigenvalue weighted by atomic mass is 16.5. The van der Waals surface area contributed by atoms with Crippen LogP contribution >= 0.6 is 0 Å². The van der Waals surface area contributed by atoms with Crippen molar-refractivity contribution in [2.75, 3.05) is 25.5 Å². The van der Waals surface area contributed by atoms with Crippen molar-refractivity contribution in [2.24, 2.45) is 0 Å². The summed E-state index contributed by atoms with van der Waals surface area (Å²) in [7, 11) is 1.70. The first-order chi connectivity index (χ1) is 10.4. The van der Waals surface area contributed by atoms with Crippen LogP contribution in [0, 0.1) is 0 Å². The summed E-state index contributed by atoms with van der Waals surface area (Å²) in [5.74, 6) is 0.869. The van der Waals surface area contributed by atoms with Crippen LogP contribution in [0.1, 0.15) is 25.7 Å². The molecule has 4 heteroatoms. The minimum absolute atomic E-state index is 0.649. The lowest BCUT2D eigenvalue weighted by Crippen LogP contribution is -2.35. The van der Waals surface area contributed by atoms with Gasteiger partial charge in [0, 0.05) is 30.2 Å². The van der Waals surface area contributed by atoms with E-state index >= 15 is 0 Å². The standard InChI is InChI=1S/C17H23N3O/c1-21-15-11-13-5-4-9-20-17(13)16(12-15)19-10-7-14-6-2-3-8-18-14/h4-5,9,11-12,14,18-19H,2-3,6-8,10H2,1H3/t14-/m0/s1. The predicted molar refractivity (Wildman–Crippen MR) is 87.0 cm³/mol. The molecule has 1 aliphatic heterocycles. The van der Waals surface area contributed by atoms with E-state index in [1.54, 1.807) is 7.11 Å². The molecule has 1 saturated heterocycles. The van der Waals surface area contributed by atoms with Gasteiger partial charge in [-0.3, -0.25) is 4.98 Å². The monoisotopic (exact) mass is 285 g/mol.